The fourth-order valence-corrected chi connectivity index (χ4v) is 1.52. The molecule has 0 aliphatic rings. The number of nitriles is 1. The van der Waals surface area contributed by atoms with E-state index in [0.717, 1.165) is 0 Å². The minimum Gasteiger partial charge on any atom is -0.462 e. The number of rotatable bonds is 3. The van der Waals surface area contributed by atoms with Gasteiger partial charge in [-0.05, 0) is 24.6 Å². The minimum atomic E-state index is -0.545. The highest BCUT2D eigenvalue weighted by Gasteiger charge is 2.14. The number of hydrogen-bond acceptors (Lipinski definition) is 5. The van der Waals surface area contributed by atoms with Crippen molar-refractivity contribution >= 4 is 18.6 Å². The molecule has 0 spiro atoms. The Balaban J connectivity index is 3.26. The van der Waals surface area contributed by atoms with Crippen molar-refractivity contribution in [2.24, 2.45) is 0 Å². The lowest BCUT2D eigenvalue weighted by atomic mass is 10.0. The number of aliphatic hydroxyl groups excluding tert-OH is 1. The van der Waals surface area contributed by atoms with Gasteiger partial charge in [-0.2, -0.15) is 5.26 Å². The van der Waals surface area contributed by atoms with Crippen LogP contribution in [0.15, 0.2) is 17.0 Å². The topological polar surface area (TPSA) is 70.3 Å². The second-order valence-corrected chi connectivity index (χ2v) is 3.50. The van der Waals surface area contributed by atoms with Gasteiger partial charge in [-0.1, -0.05) is 0 Å². The van der Waals surface area contributed by atoms with E-state index in [1.54, 1.807) is 6.92 Å². The first-order valence-corrected chi connectivity index (χ1v) is 5.12. The van der Waals surface area contributed by atoms with Crippen LogP contribution in [0.4, 0.5) is 0 Å². The third kappa shape index (κ3) is 2.54. The molecule has 0 amide bonds. The van der Waals surface area contributed by atoms with Crippen LogP contribution in [0, 0.1) is 11.3 Å². The van der Waals surface area contributed by atoms with E-state index in [2.05, 4.69) is 12.6 Å². The number of hydrogen-bond donors (Lipinski definition) is 2. The molecule has 1 aromatic carbocycles. The Morgan fingerprint density at radius 2 is 2.31 bits per heavy atom. The van der Waals surface area contributed by atoms with E-state index in [1.807, 2.05) is 6.07 Å². The summed E-state index contributed by atoms with van der Waals surface area (Å²) in [5.41, 5.74) is 0.893. The zero-order valence-corrected chi connectivity index (χ0v) is 9.62. The second kappa shape index (κ2) is 5.54. The van der Waals surface area contributed by atoms with E-state index in [1.165, 1.54) is 12.1 Å². The summed E-state index contributed by atoms with van der Waals surface area (Å²) in [6, 6.07) is 4.79. The Morgan fingerprint density at radius 3 is 2.81 bits per heavy atom. The summed E-state index contributed by atoms with van der Waals surface area (Å²) in [5.74, 6) is -0.545. The SMILES string of the molecule is CCOC(=O)c1cc(C#N)c(S)cc1CO. The molecule has 16 heavy (non-hydrogen) atoms. The van der Waals surface area contributed by atoms with Crippen LogP contribution in [-0.2, 0) is 11.3 Å². The molecule has 0 fully saturated rings. The van der Waals surface area contributed by atoms with Gasteiger partial charge in [0.05, 0.1) is 24.3 Å². The Bertz CT molecular complexity index is 451. The molecule has 5 heteroatoms. The Hall–Kier alpha value is -1.51. The number of aliphatic hydroxyl groups is 1. The van der Waals surface area contributed by atoms with Crippen molar-refractivity contribution in [1.29, 1.82) is 5.26 Å². The summed E-state index contributed by atoms with van der Waals surface area (Å²) >= 11 is 4.08. The number of esters is 1. The van der Waals surface area contributed by atoms with Gasteiger partial charge in [0.15, 0.2) is 0 Å². The Labute approximate surface area is 98.9 Å². The predicted octanol–water partition coefficient (Wildman–Crippen LogP) is 1.52. The van der Waals surface area contributed by atoms with Crippen LogP contribution < -0.4 is 0 Å². The lowest BCUT2D eigenvalue weighted by molar-refractivity contribution is 0.0522. The molecule has 0 atom stereocenters. The molecule has 0 bridgehead atoms. The van der Waals surface area contributed by atoms with Crippen LogP contribution in [0.1, 0.15) is 28.4 Å². The number of carbonyl (C=O) groups excluding carboxylic acids is 1. The van der Waals surface area contributed by atoms with Crippen LogP contribution in [0.25, 0.3) is 0 Å². The van der Waals surface area contributed by atoms with Gasteiger partial charge < -0.3 is 9.84 Å². The lowest BCUT2D eigenvalue weighted by Gasteiger charge is -2.08. The normalized spacial score (nSPS) is 9.62. The highest BCUT2D eigenvalue weighted by Crippen LogP contribution is 2.20. The van der Waals surface area contributed by atoms with Crippen LogP contribution in [-0.4, -0.2) is 17.7 Å². The Kier molecular flexibility index (Phi) is 4.35. The van der Waals surface area contributed by atoms with Crippen molar-refractivity contribution in [3.8, 4) is 6.07 Å². The smallest absolute Gasteiger partial charge is 0.338 e. The first-order valence-electron chi connectivity index (χ1n) is 4.68. The van der Waals surface area contributed by atoms with E-state index >= 15 is 0 Å². The zero-order valence-electron chi connectivity index (χ0n) is 8.73. The van der Waals surface area contributed by atoms with Gasteiger partial charge in [-0.15, -0.1) is 12.6 Å². The quantitative estimate of drug-likeness (QED) is 0.617. The maximum absolute atomic E-state index is 11.5. The van der Waals surface area contributed by atoms with Crippen molar-refractivity contribution < 1.29 is 14.6 Å². The molecule has 0 saturated carbocycles. The van der Waals surface area contributed by atoms with Gasteiger partial charge in [-0.3, -0.25) is 0 Å². The molecule has 0 aliphatic carbocycles. The number of thiol groups is 1. The maximum Gasteiger partial charge on any atom is 0.338 e. The number of carbonyl (C=O) groups is 1. The van der Waals surface area contributed by atoms with E-state index in [9.17, 15) is 4.79 Å². The highest BCUT2D eigenvalue weighted by atomic mass is 32.1. The molecule has 0 unspecified atom stereocenters. The maximum atomic E-state index is 11.5. The standard InChI is InChI=1S/C11H11NO3S/c1-2-15-11(14)9-3-7(5-12)10(16)4-8(9)6-13/h3-4,13,16H,2,6H2,1H3. The molecular weight excluding hydrogens is 226 g/mol. The van der Waals surface area contributed by atoms with Gasteiger partial charge in [-0.25, -0.2) is 4.79 Å². The van der Waals surface area contributed by atoms with Gasteiger partial charge >= 0.3 is 5.97 Å². The molecule has 0 aromatic heterocycles. The first-order chi connectivity index (χ1) is 7.63. The molecule has 0 heterocycles. The van der Waals surface area contributed by atoms with Crippen molar-refractivity contribution in [3.05, 3.63) is 28.8 Å². The fraction of sp³-hybridized carbons (Fsp3) is 0.273. The van der Waals surface area contributed by atoms with Crippen molar-refractivity contribution in [3.63, 3.8) is 0 Å². The summed E-state index contributed by atoms with van der Waals surface area (Å²) in [6.45, 7) is 1.64. The molecule has 0 saturated heterocycles. The molecule has 84 valence electrons. The average molecular weight is 237 g/mol. The molecule has 1 N–H and O–H groups in total. The summed E-state index contributed by atoms with van der Waals surface area (Å²) in [7, 11) is 0. The van der Waals surface area contributed by atoms with Gasteiger partial charge in [0.25, 0.3) is 0 Å². The largest absolute Gasteiger partial charge is 0.462 e. The number of ether oxygens (including phenoxy) is 1. The zero-order chi connectivity index (χ0) is 12.1. The van der Waals surface area contributed by atoms with Crippen molar-refractivity contribution in [1.82, 2.24) is 0 Å². The average Bonchev–Trinajstić information content (AvgIpc) is 2.28. The summed E-state index contributed by atoms with van der Waals surface area (Å²) in [4.78, 5) is 12.0. The molecule has 0 radical (unpaired) electrons. The first kappa shape index (κ1) is 12.6. The predicted molar refractivity (Wildman–Crippen MR) is 60.3 cm³/mol. The Morgan fingerprint density at radius 1 is 1.62 bits per heavy atom. The van der Waals surface area contributed by atoms with Crippen LogP contribution in [0.5, 0.6) is 0 Å². The lowest BCUT2D eigenvalue weighted by Crippen LogP contribution is -2.09. The summed E-state index contributed by atoms with van der Waals surface area (Å²) in [5, 5.41) is 17.9. The van der Waals surface area contributed by atoms with Crippen LogP contribution in [0.3, 0.4) is 0 Å². The van der Waals surface area contributed by atoms with E-state index in [4.69, 9.17) is 15.1 Å². The monoisotopic (exact) mass is 237 g/mol. The molecule has 1 aromatic rings. The third-order valence-corrected chi connectivity index (χ3v) is 2.38. The molecular formula is C11H11NO3S. The van der Waals surface area contributed by atoms with Crippen molar-refractivity contribution in [2.45, 2.75) is 18.4 Å². The summed E-state index contributed by atoms with van der Waals surface area (Å²) < 4.78 is 4.83. The van der Waals surface area contributed by atoms with E-state index in [0.29, 0.717) is 10.5 Å². The third-order valence-electron chi connectivity index (χ3n) is 2.01. The molecule has 1 rings (SSSR count). The number of nitrogens with zero attached hydrogens (tertiary/aromatic N) is 1. The number of benzene rings is 1. The van der Waals surface area contributed by atoms with E-state index in [-0.39, 0.29) is 24.3 Å². The molecule has 0 aliphatic heterocycles. The second-order valence-electron chi connectivity index (χ2n) is 3.02. The van der Waals surface area contributed by atoms with E-state index < -0.39 is 5.97 Å². The fourth-order valence-electron chi connectivity index (χ4n) is 1.25. The minimum absolute atomic E-state index is 0.207. The summed E-state index contributed by atoms with van der Waals surface area (Å²) in [6.07, 6.45) is 0. The van der Waals surface area contributed by atoms with Gasteiger partial charge in [0.1, 0.15) is 6.07 Å². The van der Waals surface area contributed by atoms with Crippen LogP contribution >= 0.6 is 12.6 Å². The highest BCUT2D eigenvalue weighted by molar-refractivity contribution is 7.80. The van der Waals surface area contributed by atoms with Crippen LogP contribution in [0.2, 0.25) is 0 Å². The molecule has 4 nitrogen and oxygen atoms in total. The van der Waals surface area contributed by atoms with Gasteiger partial charge in [0.2, 0.25) is 0 Å². The van der Waals surface area contributed by atoms with Gasteiger partial charge in [0, 0.05) is 4.90 Å². The van der Waals surface area contributed by atoms with Crippen molar-refractivity contribution in [2.75, 3.05) is 6.61 Å².